The highest BCUT2D eigenvalue weighted by molar-refractivity contribution is 7.09. The molecule has 0 spiro atoms. The van der Waals surface area contributed by atoms with Gasteiger partial charge in [0.2, 0.25) is 0 Å². The highest BCUT2D eigenvalue weighted by Gasteiger charge is 2.27. The van der Waals surface area contributed by atoms with E-state index in [-0.39, 0.29) is 0 Å². The van der Waals surface area contributed by atoms with E-state index < -0.39 is 0 Å². The van der Waals surface area contributed by atoms with Crippen LogP contribution in [0.2, 0.25) is 0 Å². The molecular weight excluding hydrogens is 168 g/mol. The smallest absolute Gasteiger partial charge is 0.0794 e. The van der Waals surface area contributed by atoms with Gasteiger partial charge < -0.3 is 5.32 Å². The molecule has 0 radical (unpaired) electrons. The van der Waals surface area contributed by atoms with E-state index in [0.717, 1.165) is 12.5 Å². The van der Waals surface area contributed by atoms with Crippen molar-refractivity contribution < 1.29 is 0 Å². The van der Waals surface area contributed by atoms with E-state index in [0.29, 0.717) is 6.04 Å². The molecule has 0 bridgehead atoms. The van der Waals surface area contributed by atoms with Gasteiger partial charge in [-0.05, 0) is 25.7 Å². The van der Waals surface area contributed by atoms with Crippen molar-refractivity contribution in [2.24, 2.45) is 5.92 Å². The molecule has 1 aromatic heterocycles. The minimum atomic E-state index is 0.687. The lowest BCUT2D eigenvalue weighted by Crippen LogP contribution is -2.26. The molecule has 66 valence electrons. The second-order valence-corrected chi connectivity index (χ2v) is 4.45. The Labute approximate surface area is 77.0 Å². The Bertz CT molecular complexity index is 229. The SMILES string of the molecule is CC(NCc1cncs1)C1CC1. The van der Waals surface area contributed by atoms with Crippen molar-refractivity contribution in [1.29, 1.82) is 0 Å². The Kier molecular flexibility index (Phi) is 2.42. The van der Waals surface area contributed by atoms with Gasteiger partial charge in [0, 0.05) is 23.7 Å². The Morgan fingerprint density at radius 2 is 2.58 bits per heavy atom. The topological polar surface area (TPSA) is 24.9 Å². The van der Waals surface area contributed by atoms with E-state index in [4.69, 9.17) is 0 Å². The first kappa shape index (κ1) is 8.20. The molecule has 0 saturated heterocycles. The molecule has 1 atom stereocenters. The Morgan fingerprint density at radius 3 is 3.17 bits per heavy atom. The van der Waals surface area contributed by atoms with Crippen LogP contribution < -0.4 is 5.32 Å². The first-order valence-electron chi connectivity index (χ1n) is 4.47. The largest absolute Gasteiger partial charge is 0.309 e. The zero-order valence-corrected chi connectivity index (χ0v) is 8.10. The molecule has 1 heterocycles. The van der Waals surface area contributed by atoms with Crippen LogP contribution in [0.1, 0.15) is 24.6 Å². The fourth-order valence-corrected chi connectivity index (χ4v) is 1.90. The molecule has 3 heteroatoms. The molecule has 1 aromatic rings. The molecule has 1 N–H and O–H groups in total. The van der Waals surface area contributed by atoms with Crippen molar-refractivity contribution in [3.05, 3.63) is 16.6 Å². The summed E-state index contributed by atoms with van der Waals surface area (Å²) >= 11 is 1.72. The van der Waals surface area contributed by atoms with E-state index in [1.54, 1.807) is 11.3 Å². The van der Waals surface area contributed by atoms with E-state index in [1.165, 1.54) is 17.7 Å². The summed E-state index contributed by atoms with van der Waals surface area (Å²) in [6, 6.07) is 0.687. The number of rotatable bonds is 4. The summed E-state index contributed by atoms with van der Waals surface area (Å²) in [7, 11) is 0. The summed E-state index contributed by atoms with van der Waals surface area (Å²) in [6.45, 7) is 3.26. The summed E-state index contributed by atoms with van der Waals surface area (Å²) in [5, 5.41) is 3.52. The maximum atomic E-state index is 4.04. The normalized spacial score (nSPS) is 19.4. The molecule has 2 rings (SSSR count). The molecule has 1 aliphatic rings. The van der Waals surface area contributed by atoms with E-state index in [2.05, 4.69) is 17.2 Å². The van der Waals surface area contributed by atoms with Gasteiger partial charge in [-0.1, -0.05) is 0 Å². The lowest BCUT2D eigenvalue weighted by atomic mass is 10.2. The predicted octanol–water partition coefficient (Wildman–Crippen LogP) is 2.03. The van der Waals surface area contributed by atoms with Crippen LogP contribution in [0.5, 0.6) is 0 Å². The van der Waals surface area contributed by atoms with E-state index >= 15 is 0 Å². The summed E-state index contributed by atoms with van der Waals surface area (Å²) in [5.74, 6) is 0.943. The average molecular weight is 182 g/mol. The highest BCUT2D eigenvalue weighted by Crippen LogP contribution is 2.32. The number of nitrogens with one attached hydrogen (secondary N) is 1. The van der Waals surface area contributed by atoms with Gasteiger partial charge in [-0.15, -0.1) is 11.3 Å². The summed E-state index contributed by atoms with van der Waals surface area (Å²) in [5.41, 5.74) is 1.89. The van der Waals surface area contributed by atoms with Crippen LogP contribution in [0.3, 0.4) is 0 Å². The average Bonchev–Trinajstić information content (AvgIpc) is 2.80. The van der Waals surface area contributed by atoms with Crippen LogP contribution in [0, 0.1) is 5.92 Å². The van der Waals surface area contributed by atoms with Crippen LogP contribution in [0.4, 0.5) is 0 Å². The molecule has 1 aliphatic carbocycles. The minimum Gasteiger partial charge on any atom is -0.309 e. The van der Waals surface area contributed by atoms with Crippen molar-refractivity contribution >= 4 is 11.3 Å². The minimum absolute atomic E-state index is 0.687. The predicted molar refractivity (Wildman–Crippen MR) is 51.1 cm³/mol. The third-order valence-electron chi connectivity index (χ3n) is 2.41. The number of aromatic nitrogens is 1. The molecule has 1 saturated carbocycles. The number of nitrogens with zero attached hydrogens (tertiary/aromatic N) is 1. The van der Waals surface area contributed by atoms with Crippen molar-refractivity contribution in [2.45, 2.75) is 32.4 Å². The van der Waals surface area contributed by atoms with Crippen LogP contribution in [-0.2, 0) is 6.54 Å². The van der Waals surface area contributed by atoms with Gasteiger partial charge in [0.15, 0.2) is 0 Å². The van der Waals surface area contributed by atoms with Gasteiger partial charge in [-0.25, -0.2) is 0 Å². The van der Waals surface area contributed by atoms with Crippen LogP contribution in [0.15, 0.2) is 11.7 Å². The number of thiazole rings is 1. The van der Waals surface area contributed by atoms with Crippen LogP contribution >= 0.6 is 11.3 Å². The highest BCUT2D eigenvalue weighted by atomic mass is 32.1. The molecule has 1 fully saturated rings. The van der Waals surface area contributed by atoms with Gasteiger partial charge in [0.1, 0.15) is 0 Å². The molecule has 2 nitrogen and oxygen atoms in total. The summed E-state index contributed by atoms with van der Waals surface area (Å²) in [6.07, 6.45) is 4.77. The second kappa shape index (κ2) is 3.54. The van der Waals surface area contributed by atoms with Crippen LogP contribution in [0.25, 0.3) is 0 Å². The van der Waals surface area contributed by atoms with E-state index in [1.807, 2.05) is 11.7 Å². The fourth-order valence-electron chi connectivity index (χ4n) is 1.35. The van der Waals surface area contributed by atoms with Crippen LogP contribution in [-0.4, -0.2) is 11.0 Å². The van der Waals surface area contributed by atoms with Gasteiger partial charge in [0.25, 0.3) is 0 Å². The Balaban J connectivity index is 1.74. The molecule has 12 heavy (non-hydrogen) atoms. The zero-order chi connectivity index (χ0) is 8.39. The van der Waals surface area contributed by atoms with Gasteiger partial charge in [-0.3, -0.25) is 4.98 Å². The van der Waals surface area contributed by atoms with Gasteiger partial charge in [0.05, 0.1) is 5.51 Å². The maximum absolute atomic E-state index is 4.04. The summed E-state index contributed by atoms with van der Waals surface area (Å²) < 4.78 is 0. The van der Waals surface area contributed by atoms with Crippen molar-refractivity contribution in [3.8, 4) is 0 Å². The molecule has 0 aromatic carbocycles. The quantitative estimate of drug-likeness (QED) is 0.770. The van der Waals surface area contributed by atoms with Gasteiger partial charge in [-0.2, -0.15) is 0 Å². The number of hydrogen-bond donors (Lipinski definition) is 1. The monoisotopic (exact) mass is 182 g/mol. The molecular formula is C9H14N2S. The molecule has 0 aliphatic heterocycles. The van der Waals surface area contributed by atoms with Crippen molar-refractivity contribution in [2.75, 3.05) is 0 Å². The fraction of sp³-hybridized carbons (Fsp3) is 0.667. The number of hydrogen-bond acceptors (Lipinski definition) is 3. The summed E-state index contributed by atoms with van der Waals surface area (Å²) in [4.78, 5) is 5.37. The zero-order valence-electron chi connectivity index (χ0n) is 7.29. The lowest BCUT2D eigenvalue weighted by Gasteiger charge is -2.10. The Morgan fingerprint density at radius 1 is 1.75 bits per heavy atom. The maximum Gasteiger partial charge on any atom is 0.0794 e. The van der Waals surface area contributed by atoms with E-state index in [9.17, 15) is 0 Å². The lowest BCUT2D eigenvalue weighted by molar-refractivity contribution is 0.498. The Hall–Kier alpha value is -0.410. The third kappa shape index (κ3) is 2.05. The first-order valence-corrected chi connectivity index (χ1v) is 5.35. The second-order valence-electron chi connectivity index (χ2n) is 3.47. The van der Waals surface area contributed by atoms with Crippen molar-refractivity contribution in [1.82, 2.24) is 10.3 Å². The molecule has 0 amide bonds. The van der Waals surface area contributed by atoms with Gasteiger partial charge >= 0.3 is 0 Å². The first-order chi connectivity index (χ1) is 5.86. The third-order valence-corrected chi connectivity index (χ3v) is 3.19. The standard InChI is InChI=1S/C9H14N2S/c1-7(8-2-3-8)11-5-9-4-10-6-12-9/h4,6-8,11H,2-3,5H2,1H3. The molecule has 1 unspecified atom stereocenters. The van der Waals surface area contributed by atoms with Crippen molar-refractivity contribution in [3.63, 3.8) is 0 Å².